The van der Waals surface area contributed by atoms with Gasteiger partial charge in [0.2, 0.25) is 0 Å². The molecule has 17 heavy (non-hydrogen) atoms. The molecule has 2 rings (SSSR count). The maximum atomic E-state index is 5.75. The fourth-order valence-electron chi connectivity index (χ4n) is 2.08. The summed E-state index contributed by atoms with van der Waals surface area (Å²) in [7, 11) is 1.68. The van der Waals surface area contributed by atoms with Crippen LogP contribution in [-0.4, -0.2) is 44.4 Å². The summed E-state index contributed by atoms with van der Waals surface area (Å²) in [4.78, 5) is 2.38. The van der Waals surface area contributed by atoms with E-state index in [1.165, 1.54) is 5.56 Å². The van der Waals surface area contributed by atoms with Crippen LogP contribution in [0.1, 0.15) is 5.56 Å². The molecule has 0 aliphatic carbocycles. The van der Waals surface area contributed by atoms with Crippen LogP contribution in [0.5, 0.6) is 5.75 Å². The Labute approximate surface area is 102 Å². The third kappa shape index (κ3) is 3.19. The average molecular weight is 236 g/mol. The van der Waals surface area contributed by atoms with Gasteiger partial charge in [0.25, 0.3) is 0 Å². The third-order valence-electron chi connectivity index (χ3n) is 3.17. The number of hydrogen-bond acceptors (Lipinski definition) is 4. The highest BCUT2D eigenvalue weighted by Gasteiger charge is 2.21. The minimum Gasteiger partial charge on any atom is -0.497 e. The SMILES string of the molecule is COc1ccc(CN2CCOCC2CN)cc1. The molecule has 1 heterocycles. The Hall–Kier alpha value is -1.10. The lowest BCUT2D eigenvalue weighted by atomic mass is 10.1. The Balaban J connectivity index is 1.98. The summed E-state index contributed by atoms with van der Waals surface area (Å²) < 4.78 is 10.6. The van der Waals surface area contributed by atoms with Crippen LogP contribution >= 0.6 is 0 Å². The van der Waals surface area contributed by atoms with Crippen molar-refractivity contribution >= 4 is 0 Å². The van der Waals surface area contributed by atoms with Gasteiger partial charge in [-0.2, -0.15) is 0 Å². The van der Waals surface area contributed by atoms with Crippen molar-refractivity contribution in [2.75, 3.05) is 33.4 Å². The lowest BCUT2D eigenvalue weighted by Gasteiger charge is -2.34. The van der Waals surface area contributed by atoms with Crippen LogP contribution in [0, 0.1) is 0 Å². The molecule has 1 aliphatic heterocycles. The minimum absolute atomic E-state index is 0.339. The van der Waals surface area contributed by atoms with Crippen LogP contribution < -0.4 is 10.5 Å². The second kappa shape index (κ2) is 6.00. The van der Waals surface area contributed by atoms with Crippen molar-refractivity contribution < 1.29 is 9.47 Å². The Morgan fingerprint density at radius 2 is 2.18 bits per heavy atom. The van der Waals surface area contributed by atoms with Crippen LogP contribution in [0.4, 0.5) is 0 Å². The smallest absolute Gasteiger partial charge is 0.118 e. The van der Waals surface area contributed by atoms with E-state index >= 15 is 0 Å². The van der Waals surface area contributed by atoms with Crippen molar-refractivity contribution in [3.8, 4) is 5.75 Å². The number of benzene rings is 1. The monoisotopic (exact) mass is 236 g/mol. The van der Waals surface area contributed by atoms with Crippen LogP contribution in [0.15, 0.2) is 24.3 Å². The number of rotatable bonds is 4. The molecule has 2 N–H and O–H groups in total. The van der Waals surface area contributed by atoms with Crippen LogP contribution in [0.3, 0.4) is 0 Å². The Bertz CT molecular complexity index is 340. The van der Waals surface area contributed by atoms with Crippen molar-refractivity contribution in [1.29, 1.82) is 0 Å². The third-order valence-corrected chi connectivity index (χ3v) is 3.17. The normalized spacial score (nSPS) is 21.4. The molecule has 1 aliphatic rings. The standard InChI is InChI=1S/C13H20N2O2/c1-16-13-4-2-11(3-5-13)9-15-6-7-17-10-12(15)8-14/h2-5,12H,6-10,14H2,1H3. The molecule has 0 amide bonds. The molecule has 0 radical (unpaired) electrons. The molecule has 0 aromatic heterocycles. The summed E-state index contributed by atoms with van der Waals surface area (Å²) in [6, 6.07) is 8.52. The van der Waals surface area contributed by atoms with Crippen molar-refractivity contribution in [3.63, 3.8) is 0 Å². The number of ether oxygens (including phenoxy) is 2. The van der Waals surface area contributed by atoms with Crippen molar-refractivity contribution in [1.82, 2.24) is 4.90 Å². The quantitative estimate of drug-likeness (QED) is 0.842. The number of hydrogen-bond donors (Lipinski definition) is 1. The van der Waals surface area contributed by atoms with E-state index in [-0.39, 0.29) is 0 Å². The highest BCUT2D eigenvalue weighted by Crippen LogP contribution is 2.15. The fourth-order valence-corrected chi connectivity index (χ4v) is 2.08. The van der Waals surface area contributed by atoms with Gasteiger partial charge in [-0.25, -0.2) is 0 Å². The number of nitrogens with zero attached hydrogens (tertiary/aromatic N) is 1. The van der Waals surface area contributed by atoms with E-state index in [4.69, 9.17) is 15.2 Å². The van der Waals surface area contributed by atoms with Gasteiger partial charge in [-0.15, -0.1) is 0 Å². The van der Waals surface area contributed by atoms with Gasteiger partial charge >= 0.3 is 0 Å². The van der Waals surface area contributed by atoms with Crippen molar-refractivity contribution in [3.05, 3.63) is 29.8 Å². The first-order valence-corrected chi connectivity index (χ1v) is 5.98. The maximum absolute atomic E-state index is 5.75. The lowest BCUT2D eigenvalue weighted by molar-refractivity contribution is -0.00793. The first-order chi connectivity index (χ1) is 8.33. The van der Waals surface area contributed by atoms with Gasteiger partial charge < -0.3 is 15.2 Å². The Morgan fingerprint density at radius 1 is 1.41 bits per heavy atom. The molecule has 1 saturated heterocycles. The summed E-state index contributed by atoms with van der Waals surface area (Å²) >= 11 is 0. The predicted octanol–water partition coefficient (Wildman–Crippen LogP) is 0.855. The van der Waals surface area contributed by atoms with Gasteiger partial charge in [0.1, 0.15) is 5.75 Å². The number of nitrogens with two attached hydrogens (primary N) is 1. The van der Waals surface area contributed by atoms with E-state index in [0.29, 0.717) is 12.6 Å². The van der Waals surface area contributed by atoms with E-state index in [9.17, 15) is 0 Å². The van der Waals surface area contributed by atoms with E-state index in [1.807, 2.05) is 12.1 Å². The van der Waals surface area contributed by atoms with Gasteiger partial charge in [-0.05, 0) is 17.7 Å². The molecule has 1 unspecified atom stereocenters. The Kier molecular flexibility index (Phi) is 4.36. The highest BCUT2D eigenvalue weighted by molar-refractivity contribution is 5.27. The topological polar surface area (TPSA) is 47.7 Å². The summed E-state index contributed by atoms with van der Waals surface area (Å²) in [6.07, 6.45) is 0. The number of methoxy groups -OCH3 is 1. The van der Waals surface area contributed by atoms with Crippen LogP contribution in [0.2, 0.25) is 0 Å². The predicted molar refractivity (Wildman–Crippen MR) is 67.1 cm³/mol. The van der Waals surface area contributed by atoms with Crippen LogP contribution in [-0.2, 0) is 11.3 Å². The first-order valence-electron chi connectivity index (χ1n) is 5.98. The molecule has 4 heteroatoms. The second-order valence-corrected chi connectivity index (χ2v) is 4.28. The second-order valence-electron chi connectivity index (χ2n) is 4.28. The summed E-state index contributed by atoms with van der Waals surface area (Å²) in [6.45, 7) is 4.07. The zero-order chi connectivity index (χ0) is 12.1. The van der Waals surface area contributed by atoms with Crippen LogP contribution in [0.25, 0.3) is 0 Å². The molecule has 1 atom stereocenters. The zero-order valence-electron chi connectivity index (χ0n) is 10.3. The molecule has 1 aromatic carbocycles. The van der Waals surface area contributed by atoms with Gasteiger partial charge in [-0.3, -0.25) is 4.90 Å². The van der Waals surface area contributed by atoms with Gasteiger partial charge in [0.15, 0.2) is 0 Å². The summed E-state index contributed by atoms with van der Waals surface area (Å²) in [5.41, 5.74) is 7.03. The maximum Gasteiger partial charge on any atom is 0.118 e. The molecule has 1 fully saturated rings. The van der Waals surface area contributed by atoms with Gasteiger partial charge in [-0.1, -0.05) is 12.1 Å². The van der Waals surface area contributed by atoms with E-state index < -0.39 is 0 Å². The van der Waals surface area contributed by atoms with Gasteiger partial charge in [0.05, 0.1) is 20.3 Å². The molecule has 1 aromatic rings. The van der Waals surface area contributed by atoms with Crippen molar-refractivity contribution in [2.45, 2.75) is 12.6 Å². The Morgan fingerprint density at radius 3 is 2.82 bits per heavy atom. The molecule has 0 saturated carbocycles. The fraction of sp³-hybridized carbons (Fsp3) is 0.538. The number of morpholine rings is 1. The molecule has 94 valence electrons. The van der Waals surface area contributed by atoms with E-state index in [0.717, 1.165) is 32.1 Å². The molecule has 4 nitrogen and oxygen atoms in total. The van der Waals surface area contributed by atoms with E-state index in [2.05, 4.69) is 17.0 Å². The minimum atomic E-state index is 0.339. The summed E-state index contributed by atoms with van der Waals surface area (Å²) in [5.74, 6) is 0.895. The van der Waals surface area contributed by atoms with Crippen molar-refractivity contribution in [2.24, 2.45) is 5.73 Å². The molecule has 0 spiro atoms. The first kappa shape index (κ1) is 12.4. The average Bonchev–Trinajstić information content (AvgIpc) is 2.40. The summed E-state index contributed by atoms with van der Waals surface area (Å²) in [5, 5.41) is 0. The molecule has 0 bridgehead atoms. The molecular weight excluding hydrogens is 216 g/mol. The highest BCUT2D eigenvalue weighted by atomic mass is 16.5. The van der Waals surface area contributed by atoms with E-state index in [1.54, 1.807) is 7.11 Å². The molecular formula is C13H20N2O2. The van der Waals surface area contributed by atoms with Gasteiger partial charge in [0, 0.05) is 25.7 Å². The lowest BCUT2D eigenvalue weighted by Crippen LogP contribution is -2.48. The largest absolute Gasteiger partial charge is 0.497 e. The zero-order valence-corrected chi connectivity index (χ0v) is 10.3.